The second kappa shape index (κ2) is 7.78. The third-order valence-electron chi connectivity index (χ3n) is 4.70. The van der Waals surface area contributed by atoms with Crippen molar-refractivity contribution in [2.45, 2.75) is 26.7 Å². The molecule has 0 saturated heterocycles. The first-order valence-corrected chi connectivity index (χ1v) is 10.3. The molecule has 0 unspecified atom stereocenters. The highest BCUT2D eigenvalue weighted by atomic mass is 35.5. The van der Waals surface area contributed by atoms with Crippen LogP contribution in [0, 0.1) is 13.8 Å². The average molecular weight is 410 g/mol. The summed E-state index contributed by atoms with van der Waals surface area (Å²) in [6.07, 6.45) is 3.10. The molecule has 0 radical (unpaired) electrons. The molecule has 142 valence electrons. The summed E-state index contributed by atoms with van der Waals surface area (Å²) in [4.78, 5) is 18.0. The Hall–Kier alpha value is -2.63. The van der Waals surface area contributed by atoms with Crippen LogP contribution in [0.25, 0.3) is 16.2 Å². The van der Waals surface area contributed by atoms with Gasteiger partial charge in [-0.1, -0.05) is 35.9 Å². The minimum Gasteiger partial charge on any atom is -0.326 e. The van der Waals surface area contributed by atoms with E-state index in [9.17, 15) is 4.79 Å². The lowest BCUT2D eigenvalue weighted by Gasteiger charge is -2.09. The van der Waals surface area contributed by atoms with Gasteiger partial charge < -0.3 is 5.32 Å². The Morgan fingerprint density at radius 3 is 2.75 bits per heavy atom. The molecule has 1 N–H and O–H groups in total. The van der Waals surface area contributed by atoms with Crippen LogP contribution < -0.4 is 5.32 Å². The second-order valence-corrected chi connectivity index (χ2v) is 8.15. The van der Waals surface area contributed by atoms with E-state index in [-0.39, 0.29) is 5.91 Å². The highest BCUT2D eigenvalue weighted by molar-refractivity contribution is 7.15. The molecule has 6 heteroatoms. The van der Waals surface area contributed by atoms with Gasteiger partial charge in [-0.3, -0.25) is 9.20 Å². The Morgan fingerprint density at radius 2 is 1.96 bits per heavy atom. The number of fused-ring (bicyclic) bond motifs is 1. The lowest BCUT2D eigenvalue weighted by Crippen LogP contribution is -2.13. The van der Waals surface area contributed by atoms with E-state index in [1.54, 1.807) is 11.3 Å². The van der Waals surface area contributed by atoms with Crippen LogP contribution in [-0.2, 0) is 11.2 Å². The number of hydrogen-bond acceptors (Lipinski definition) is 3. The monoisotopic (exact) mass is 409 g/mol. The number of amides is 1. The number of nitrogens with zero attached hydrogens (tertiary/aromatic N) is 2. The molecule has 2 aromatic carbocycles. The molecule has 0 atom stereocenters. The molecule has 0 aliphatic rings. The van der Waals surface area contributed by atoms with Gasteiger partial charge in [0.1, 0.15) is 0 Å². The second-order valence-electron chi connectivity index (χ2n) is 6.88. The molecule has 0 spiro atoms. The first kappa shape index (κ1) is 18.7. The quantitative estimate of drug-likeness (QED) is 0.445. The molecule has 0 aliphatic carbocycles. The summed E-state index contributed by atoms with van der Waals surface area (Å²) in [6, 6.07) is 13.7. The van der Waals surface area contributed by atoms with E-state index in [0.29, 0.717) is 17.9 Å². The number of aromatic nitrogens is 2. The molecule has 0 aliphatic heterocycles. The number of benzene rings is 2. The van der Waals surface area contributed by atoms with Gasteiger partial charge in [0.15, 0.2) is 4.96 Å². The molecule has 2 heterocycles. The largest absolute Gasteiger partial charge is 0.326 e. The van der Waals surface area contributed by atoms with Crippen LogP contribution in [0.3, 0.4) is 0 Å². The number of rotatable bonds is 5. The van der Waals surface area contributed by atoms with Gasteiger partial charge in [-0.2, -0.15) is 0 Å². The Balaban J connectivity index is 1.47. The number of thiazole rings is 1. The fourth-order valence-electron chi connectivity index (χ4n) is 3.09. The van der Waals surface area contributed by atoms with Crippen molar-refractivity contribution in [3.8, 4) is 11.3 Å². The number of imidazole rings is 1. The summed E-state index contributed by atoms with van der Waals surface area (Å²) in [5.41, 5.74) is 6.10. The molecule has 28 heavy (non-hydrogen) atoms. The van der Waals surface area contributed by atoms with Crippen molar-refractivity contribution < 1.29 is 4.79 Å². The predicted molar refractivity (Wildman–Crippen MR) is 116 cm³/mol. The van der Waals surface area contributed by atoms with Crippen molar-refractivity contribution in [2.75, 3.05) is 5.32 Å². The van der Waals surface area contributed by atoms with Gasteiger partial charge in [-0.05, 0) is 49.6 Å². The molecule has 1 amide bonds. The molecule has 0 fully saturated rings. The Labute approximate surface area is 172 Å². The van der Waals surface area contributed by atoms with Gasteiger partial charge in [0.25, 0.3) is 0 Å². The van der Waals surface area contributed by atoms with Gasteiger partial charge in [0.2, 0.25) is 5.91 Å². The third kappa shape index (κ3) is 3.96. The minimum atomic E-state index is 0.0195. The highest BCUT2D eigenvalue weighted by Gasteiger charge is 2.12. The SMILES string of the molecule is Cc1ccc(C)c(NC(=O)CCc2csc3nc(-c4ccc(Cl)cc4)cn23)c1. The van der Waals surface area contributed by atoms with Gasteiger partial charge in [0.05, 0.1) is 5.69 Å². The van der Waals surface area contributed by atoms with Crippen molar-refractivity contribution in [3.63, 3.8) is 0 Å². The number of aryl methyl sites for hydroxylation is 3. The predicted octanol–water partition coefficient (Wildman–Crippen LogP) is 5.90. The summed E-state index contributed by atoms with van der Waals surface area (Å²) < 4.78 is 2.07. The van der Waals surface area contributed by atoms with Crippen LogP contribution in [0.15, 0.2) is 54.0 Å². The fraction of sp³-hybridized carbons (Fsp3) is 0.182. The third-order valence-corrected chi connectivity index (χ3v) is 5.84. The maximum atomic E-state index is 12.4. The minimum absolute atomic E-state index is 0.0195. The zero-order chi connectivity index (χ0) is 19.7. The molecule has 4 nitrogen and oxygen atoms in total. The van der Waals surface area contributed by atoms with E-state index in [4.69, 9.17) is 11.6 Å². The van der Waals surface area contributed by atoms with Gasteiger partial charge in [-0.15, -0.1) is 11.3 Å². The van der Waals surface area contributed by atoms with Crippen LogP contribution in [0.1, 0.15) is 23.2 Å². The van der Waals surface area contributed by atoms with Crippen molar-refractivity contribution in [1.29, 1.82) is 0 Å². The highest BCUT2D eigenvalue weighted by Crippen LogP contribution is 2.25. The number of carbonyl (C=O) groups excluding carboxylic acids is 1. The molecule has 2 aromatic heterocycles. The van der Waals surface area contributed by atoms with Crippen molar-refractivity contribution in [1.82, 2.24) is 9.38 Å². The first-order chi connectivity index (χ1) is 13.5. The standard InChI is InChI=1S/C22H20ClN3OS/c1-14-3-4-15(2)19(11-14)24-21(27)10-9-18-13-28-22-25-20(12-26(18)22)16-5-7-17(23)8-6-16/h3-8,11-13H,9-10H2,1-2H3,(H,24,27). The summed E-state index contributed by atoms with van der Waals surface area (Å²) in [5.74, 6) is 0.0195. The first-order valence-electron chi connectivity index (χ1n) is 9.08. The fourth-order valence-corrected chi connectivity index (χ4v) is 4.13. The summed E-state index contributed by atoms with van der Waals surface area (Å²) in [5, 5.41) is 5.80. The topological polar surface area (TPSA) is 46.4 Å². The van der Waals surface area contributed by atoms with E-state index < -0.39 is 0 Å². The van der Waals surface area contributed by atoms with Crippen molar-refractivity contribution in [2.24, 2.45) is 0 Å². The van der Waals surface area contributed by atoms with Gasteiger partial charge in [-0.25, -0.2) is 4.98 Å². The zero-order valence-corrected chi connectivity index (χ0v) is 17.3. The van der Waals surface area contributed by atoms with Crippen LogP contribution in [-0.4, -0.2) is 15.3 Å². The summed E-state index contributed by atoms with van der Waals surface area (Å²) >= 11 is 7.55. The Bertz CT molecular complexity index is 1140. The maximum Gasteiger partial charge on any atom is 0.224 e. The number of hydrogen-bond donors (Lipinski definition) is 1. The van der Waals surface area contributed by atoms with Crippen molar-refractivity contribution >= 4 is 39.5 Å². The summed E-state index contributed by atoms with van der Waals surface area (Å²) in [6.45, 7) is 4.02. The van der Waals surface area contributed by atoms with Crippen LogP contribution >= 0.6 is 22.9 Å². The van der Waals surface area contributed by atoms with Crippen LogP contribution in [0.4, 0.5) is 5.69 Å². The van der Waals surface area contributed by atoms with E-state index >= 15 is 0 Å². The smallest absolute Gasteiger partial charge is 0.224 e. The van der Waals surface area contributed by atoms with E-state index in [1.165, 1.54) is 0 Å². The van der Waals surface area contributed by atoms with Gasteiger partial charge in [0, 0.05) is 40.0 Å². The van der Waals surface area contributed by atoms with Gasteiger partial charge >= 0.3 is 0 Å². The lowest BCUT2D eigenvalue weighted by molar-refractivity contribution is -0.116. The molecular formula is C22H20ClN3OS. The Morgan fingerprint density at radius 1 is 1.18 bits per heavy atom. The number of halogens is 1. The molecule has 4 aromatic rings. The van der Waals surface area contributed by atoms with E-state index in [1.807, 2.05) is 62.5 Å². The average Bonchev–Trinajstić information content (AvgIpc) is 3.25. The number of carbonyl (C=O) groups is 1. The zero-order valence-electron chi connectivity index (χ0n) is 15.7. The molecular weight excluding hydrogens is 390 g/mol. The van der Waals surface area contributed by atoms with E-state index in [0.717, 1.165) is 38.7 Å². The number of anilines is 1. The Kier molecular flexibility index (Phi) is 5.20. The maximum absolute atomic E-state index is 12.4. The lowest BCUT2D eigenvalue weighted by atomic mass is 10.1. The molecule has 0 bridgehead atoms. The van der Waals surface area contributed by atoms with Crippen LogP contribution in [0.5, 0.6) is 0 Å². The van der Waals surface area contributed by atoms with E-state index in [2.05, 4.69) is 20.1 Å². The normalized spacial score (nSPS) is 11.1. The summed E-state index contributed by atoms with van der Waals surface area (Å²) in [7, 11) is 0. The number of nitrogens with one attached hydrogen (secondary N) is 1. The molecule has 4 rings (SSSR count). The van der Waals surface area contributed by atoms with Crippen molar-refractivity contribution in [3.05, 3.63) is 75.9 Å². The molecule has 0 saturated carbocycles. The van der Waals surface area contributed by atoms with Crippen LogP contribution in [0.2, 0.25) is 5.02 Å².